The molecule has 0 spiro atoms. The highest BCUT2D eigenvalue weighted by molar-refractivity contribution is 5.95. The number of nitrogens with zero attached hydrogens (tertiary/aromatic N) is 5. The molecule has 1 unspecified atom stereocenters. The third kappa shape index (κ3) is 4.34. The molecule has 0 aliphatic carbocycles. The number of hydrogen-bond donors (Lipinski definition) is 1. The second-order valence-electron chi connectivity index (χ2n) is 7.94. The van der Waals surface area contributed by atoms with E-state index in [2.05, 4.69) is 38.8 Å². The molecule has 1 amide bonds. The summed E-state index contributed by atoms with van der Waals surface area (Å²) in [6.45, 7) is 3.58. The maximum Gasteiger partial charge on any atom is 0.261 e. The van der Waals surface area contributed by atoms with Gasteiger partial charge in [0.05, 0.1) is 34.6 Å². The first-order valence-electron chi connectivity index (χ1n) is 10.3. The molecule has 0 saturated heterocycles. The van der Waals surface area contributed by atoms with E-state index in [4.69, 9.17) is 0 Å². The summed E-state index contributed by atoms with van der Waals surface area (Å²) in [5.41, 5.74) is 2.87. The molecule has 1 atom stereocenters. The number of fused-ring (bicyclic) bond motifs is 2. The van der Waals surface area contributed by atoms with Gasteiger partial charge in [-0.1, -0.05) is 12.1 Å². The molecular formula is C23H26N6O2. The molecule has 2 heterocycles. The molecule has 2 aromatic heterocycles. The van der Waals surface area contributed by atoms with Crippen LogP contribution in [0, 0.1) is 0 Å². The molecule has 4 rings (SSSR count). The van der Waals surface area contributed by atoms with Crippen LogP contribution in [-0.4, -0.2) is 50.5 Å². The predicted octanol–water partition coefficient (Wildman–Crippen LogP) is 2.90. The number of carbonyl (C=O) groups excluding carboxylic acids is 1. The first-order valence-corrected chi connectivity index (χ1v) is 10.3. The Morgan fingerprint density at radius 2 is 1.87 bits per heavy atom. The lowest BCUT2D eigenvalue weighted by molar-refractivity contribution is -0.118. The maximum absolute atomic E-state index is 12.8. The summed E-state index contributed by atoms with van der Waals surface area (Å²) in [5.74, 6) is -0.288. The smallest absolute Gasteiger partial charge is 0.261 e. The molecule has 31 heavy (non-hydrogen) atoms. The van der Waals surface area contributed by atoms with Crippen molar-refractivity contribution in [1.29, 1.82) is 0 Å². The zero-order valence-corrected chi connectivity index (χ0v) is 17.9. The van der Waals surface area contributed by atoms with E-state index in [1.807, 2.05) is 30.6 Å². The number of amides is 1. The van der Waals surface area contributed by atoms with E-state index in [1.165, 1.54) is 10.9 Å². The second-order valence-corrected chi connectivity index (χ2v) is 7.94. The van der Waals surface area contributed by atoms with Gasteiger partial charge in [-0.25, -0.2) is 9.97 Å². The number of rotatable bonds is 7. The van der Waals surface area contributed by atoms with Crippen molar-refractivity contribution in [2.45, 2.75) is 25.9 Å². The lowest BCUT2D eigenvalue weighted by Gasteiger charge is -2.15. The molecule has 0 radical (unpaired) electrons. The largest absolute Gasteiger partial charge is 0.331 e. The fraction of sp³-hybridized carbons (Fsp3) is 0.304. The highest BCUT2D eigenvalue weighted by Crippen LogP contribution is 2.20. The van der Waals surface area contributed by atoms with Crippen molar-refractivity contribution < 1.29 is 4.79 Å². The lowest BCUT2D eigenvalue weighted by atomic mass is 10.2. The van der Waals surface area contributed by atoms with Gasteiger partial charge in [-0.15, -0.1) is 0 Å². The van der Waals surface area contributed by atoms with Crippen LogP contribution in [0.5, 0.6) is 0 Å². The van der Waals surface area contributed by atoms with Crippen LogP contribution >= 0.6 is 0 Å². The van der Waals surface area contributed by atoms with Gasteiger partial charge in [0.2, 0.25) is 5.91 Å². The first kappa shape index (κ1) is 20.7. The average molecular weight is 419 g/mol. The number of aromatic nitrogens is 4. The Labute approximate surface area is 180 Å². The third-order valence-electron chi connectivity index (χ3n) is 5.38. The minimum absolute atomic E-state index is 0.236. The molecule has 4 aromatic rings. The van der Waals surface area contributed by atoms with Crippen LogP contribution in [0.2, 0.25) is 0 Å². The number of hydrogen-bond acceptors (Lipinski definition) is 5. The van der Waals surface area contributed by atoms with E-state index >= 15 is 0 Å². The van der Waals surface area contributed by atoms with Gasteiger partial charge in [-0.05, 0) is 64.3 Å². The molecule has 2 aromatic carbocycles. The Morgan fingerprint density at radius 3 is 2.68 bits per heavy atom. The number of anilines is 1. The molecule has 8 heteroatoms. The topological polar surface area (TPSA) is 85.1 Å². The van der Waals surface area contributed by atoms with E-state index in [0.29, 0.717) is 16.6 Å². The van der Waals surface area contributed by atoms with Gasteiger partial charge in [0.1, 0.15) is 6.04 Å². The predicted molar refractivity (Wildman–Crippen MR) is 122 cm³/mol. The molecule has 0 saturated carbocycles. The van der Waals surface area contributed by atoms with Crippen LogP contribution in [0.4, 0.5) is 5.69 Å². The summed E-state index contributed by atoms with van der Waals surface area (Å²) < 4.78 is 3.48. The van der Waals surface area contributed by atoms with Crippen molar-refractivity contribution in [2.24, 2.45) is 0 Å². The van der Waals surface area contributed by atoms with E-state index in [0.717, 1.165) is 30.5 Å². The normalized spacial score (nSPS) is 12.5. The van der Waals surface area contributed by atoms with E-state index in [9.17, 15) is 9.59 Å². The Bertz CT molecular complexity index is 1290. The van der Waals surface area contributed by atoms with Gasteiger partial charge in [-0.3, -0.25) is 14.2 Å². The Hall–Kier alpha value is -3.52. The van der Waals surface area contributed by atoms with Gasteiger partial charge < -0.3 is 14.8 Å². The molecule has 160 valence electrons. The average Bonchev–Trinajstić information content (AvgIpc) is 3.15. The van der Waals surface area contributed by atoms with Gasteiger partial charge >= 0.3 is 0 Å². The first-order chi connectivity index (χ1) is 14.9. The van der Waals surface area contributed by atoms with Crippen LogP contribution in [-0.2, 0) is 11.3 Å². The molecule has 0 aliphatic heterocycles. The Morgan fingerprint density at radius 1 is 1.10 bits per heavy atom. The number of para-hydroxylation sites is 1. The van der Waals surface area contributed by atoms with Crippen molar-refractivity contribution in [2.75, 3.05) is 26.0 Å². The van der Waals surface area contributed by atoms with Gasteiger partial charge in [0, 0.05) is 12.2 Å². The molecule has 0 bridgehead atoms. The molecule has 0 fully saturated rings. The van der Waals surface area contributed by atoms with Crippen LogP contribution in [0.15, 0.2) is 59.9 Å². The molecule has 0 aliphatic rings. The summed E-state index contributed by atoms with van der Waals surface area (Å²) in [6.07, 6.45) is 4.28. The second kappa shape index (κ2) is 8.69. The molecular weight excluding hydrogens is 392 g/mol. The maximum atomic E-state index is 12.8. The fourth-order valence-corrected chi connectivity index (χ4v) is 3.61. The van der Waals surface area contributed by atoms with E-state index in [1.54, 1.807) is 25.1 Å². The number of aryl methyl sites for hydroxylation is 1. The van der Waals surface area contributed by atoms with Crippen LogP contribution in [0.25, 0.3) is 21.9 Å². The van der Waals surface area contributed by atoms with Gasteiger partial charge in [0.25, 0.3) is 5.56 Å². The quantitative estimate of drug-likeness (QED) is 0.499. The van der Waals surface area contributed by atoms with E-state index in [-0.39, 0.29) is 11.5 Å². The monoisotopic (exact) mass is 418 g/mol. The van der Waals surface area contributed by atoms with Crippen LogP contribution < -0.4 is 10.9 Å². The van der Waals surface area contributed by atoms with Crippen molar-refractivity contribution in [3.8, 4) is 0 Å². The third-order valence-corrected chi connectivity index (χ3v) is 5.38. The Kier molecular flexibility index (Phi) is 5.81. The van der Waals surface area contributed by atoms with E-state index < -0.39 is 6.04 Å². The fourth-order valence-electron chi connectivity index (χ4n) is 3.61. The lowest BCUT2D eigenvalue weighted by Crippen LogP contribution is -2.31. The number of carbonyl (C=O) groups is 1. The SMILES string of the molecule is CC(C(=O)Nc1ccc2c(c1)ncn2CCCN(C)C)n1cnc2ccccc2c1=O. The summed E-state index contributed by atoms with van der Waals surface area (Å²) in [4.78, 5) is 36.5. The van der Waals surface area contributed by atoms with Crippen LogP contribution in [0.1, 0.15) is 19.4 Å². The number of nitrogens with one attached hydrogen (secondary N) is 1. The zero-order chi connectivity index (χ0) is 22.0. The highest BCUT2D eigenvalue weighted by atomic mass is 16.2. The van der Waals surface area contributed by atoms with Crippen molar-refractivity contribution in [3.05, 3.63) is 65.5 Å². The zero-order valence-electron chi connectivity index (χ0n) is 17.9. The summed E-state index contributed by atoms with van der Waals surface area (Å²) in [6, 6.07) is 12.1. The summed E-state index contributed by atoms with van der Waals surface area (Å²) in [5, 5.41) is 3.38. The number of benzene rings is 2. The number of imidazole rings is 1. The van der Waals surface area contributed by atoms with Crippen LogP contribution in [0.3, 0.4) is 0 Å². The standard InChI is InChI=1S/C23H26N6O2/c1-16(29-15-25-19-8-5-4-7-18(19)23(29)31)22(30)26-17-9-10-21-20(13-17)24-14-28(21)12-6-11-27(2)3/h4-5,7-10,13-16H,6,11-12H2,1-3H3,(H,26,30). The highest BCUT2D eigenvalue weighted by Gasteiger charge is 2.18. The minimum Gasteiger partial charge on any atom is -0.331 e. The molecule has 1 N–H and O–H groups in total. The summed E-state index contributed by atoms with van der Waals surface area (Å²) in [7, 11) is 4.12. The minimum atomic E-state index is -0.705. The van der Waals surface area contributed by atoms with Gasteiger partial charge in [-0.2, -0.15) is 0 Å². The van der Waals surface area contributed by atoms with Crippen molar-refractivity contribution in [3.63, 3.8) is 0 Å². The van der Waals surface area contributed by atoms with Gasteiger partial charge in [0.15, 0.2) is 0 Å². The molecule has 8 nitrogen and oxygen atoms in total. The van der Waals surface area contributed by atoms with Crippen molar-refractivity contribution in [1.82, 2.24) is 24.0 Å². The summed E-state index contributed by atoms with van der Waals surface area (Å²) >= 11 is 0. The van der Waals surface area contributed by atoms with Crippen molar-refractivity contribution >= 4 is 33.5 Å². The Balaban J connectivity index is 1.50.